The number of benzene rings is 2. The maximum atomic E-state index is 11.9. The van der Waals surface area contributed by atoms with Crippen molar-refractivity contribution >= 4 is 21.9 Å². The maximum absolute atomic E-state index is 11.9. The van der Waals surface area contributed by atoms with E-state index >= 15 is 0 Å². The summed E-state index contributed by atoms with van der Waals surface area (Å²) in [5, 5.41) is 9.76. The Morgan fingerprint density at radius 3 is 2.69 bits per heavy atom. The fraction of sp³-hybridized carbons (Fsp3) is 0.381. The van der Waals surface area contributed by atoms with Gasteiger partial charge in [-0.1, -0.05) is 46.6 Å². The molecule has 0 spiro atoms. The van der Waals surface area contributed by atoms with E-state index in [9.17, 15) is 9.90 Å². The molecule has 0 aliphatic carbocycles. The lowest BCUT2D eigenvalue weighted by Gasteiger charge is -2.39. The van der Waals surface area contributed by atoms with E-state index in [1.807, 2.05) is 37.3 Å². The van der Waals surface area contributed by atoms with Gasteiger partial charge in [0.25, 0.3) is 0 Å². The molecule has 4 nitrogen and oxygen atoms in total. The van der Waals surface area contributed by atoms with Crippen molar-refractivity contribution in [1.82, 2.24) is 4.90 Å². The van der Waals surface area contributed by atoms with E-state index in [1.54, 1.807) is 0 Å². The topological polar surface area (TPSA) is 49.8 Å². The molecule has 3 rings (SSSR count). The maximum Gasteiger partial charge on any atom is 0.320 e. The van der Waals surface area contributed by atoms with Gasteiger partial charge >= 0.3 is 5.97 Å². The number of carboxylic acid groups (broad SMARTS) is 1. The molecule has 2 atom stereocenters. The number of aliphatic carboxylic acids is 1. The van der Waals surface area contributed by atoms with Gasteiger partial charge < -0.3 is 9.84 Å². The Morgan fingerprint density at radius 1 is 1.23 bits per heavy atom. The lowest BCUT2D eigenvalue weighted by molar-refractivity contribution is -0.145. The summed E-state index contributed by atoms with van der Waals surface area (Å²) in [5.41, 5.74) is 2.15. The second kappa shape index (κ2) is 8.69. The van der Waals surface area contributed by atoms with E-state index in [4.69, 9.17) is 4.74 Å². The number of ether oxygens (including phenoxy) is 1. The highest BCUT2D eigenvalue weighted by molar-refractivity contribution is 9.10. The van der Waals surface area contributed by atoms with Gasteiger partial charge in [-0.3, -0.25) is 9.69 Å². The zero-order valence-corrected chi connectivity index (χ0v) is 16.5. The molecule has 0 amide bonds. The minimum absolute atomic E-state index is 0.107. The summed E-state index contributed by atoms with van der Waals surface area (Å²) in [6, 6.07) is 15.6. The van der Waals surface area contributed by atoms with Crippen LogP contribution < -0.4 is 4.74 Å². The summed E-state index contributed by atoms with van der Waals surface area (Å²) in [7, 11) is 0. The summed E-state index contributed by atoms with van der Waals surface area (Å²) in [6.45, 7) is 3.34. The highest BCUT2D eigenvalue weighted by atomic mass is 79.9. The number of hydrogen-bond donors (Lipinski definition) is 1. The lowest BCUT2D eigenvalue weighted by Crippen LogP contribution is -2.46. The molecule has 1 fully saturated rings. The standard InChI is InChI=1S/C21H24BrNO3/c1-2-26-18-7-5-6-16(14-18)20(15-9-11-17(22)12-10-15)23-13-4-3-8-19(23)21(24)25/h5-7,9-12,14,19-20H,2-4,8,13H2,1H3,(H,24,25). The Kier molecular flexibility index (Phi) is 6.33. The molecule has 1 aliphatic rings. The molecule has 0 aromatic heterocycles. The van der Waals surface area contributed by atoms with Gasteiger partial charge in [0.2, 0.25) is 0 Å². The second-order valence-electron chi connectivity index (χ2n) is 6.55. The van der Waals surface area contributed by atoms with Gasteiger partial charge in [-0.25, -0.2) is 0 Å². The smallest absolute Gasteiger partial charge is 0.320 e. The first kappa shape index (κ1) is 18.9. The third kappa shape index (κ3) is 4.27. The van der Waals surface area contributed by atoms with Crippen LogP contribution in [0.1, 0.15) is 43.4 Å². The van der Waals surface area contributed by atoms with Gasteiger partial charge in [0.05, 0.1) is 12.6 Å². The third-order valence-corrected chi connectivity index (χ3v) is 5.36. The van der Waals surface area contributed by atoms with Crippen molar-refractivity contribution in [2.24, 2.45) is 0 Å². The van der Waals surface area contributed by atoms with Gasteiger partial charge in [0.1, 0.15) is 11.8 Å². The van der Waals surface area contributed by atoms with Crippen LogP contribution in [0, 0.1) is 0 Å². The van der Waals surface area contributed by atoms with E-state index in [0.717, 1.165) is 40.7 Å². The minimum atomic E-state index is -0.743. The van der Waals surface area contributed by atoms with Crippen molar-refractivity contribution in [3.05, 3.63) is 64.1 Å². The molecule has 26 heavy (non-hydrogen) atoms. The van der Waals surface area contributed by atoms with Crippen molar-refractivity contribution in [1.29, 1.82) is 0 Å². The largest absolute Gasteiger partial charge is 0.494 e. The highest BCUT2D eigenvalue weighted by Crippen LogP contribution is 2.36. The number of piperidine rings is 1. The van der Waals surface area contributed by atoms with E-state index < -0.39 is 12.0 Å². The fourth-order valence-electron chi connectivity index (χ4n) is 3.69. The number of likely N-dealkylation sites (tertiary alicyclic amines) is 1. The van der Waals surface area contributed by atoms with Crippen LogP contribution in [0.5, 0.6) is 5.75 Å². The van der Waals surface area contributed by atoms with Gasteiger partial charge in [-0.15, -0.1) is 0 Å². The molecule has 5 heteroatoms. The summed E-state index contributed by atoms with van der Waals surface area (Å²) in [4.78, 5) is 14.0. The average molecular weight is 418 g/mol. The van der Waals surface area contributed by atoms with Crippen molar-refractivity contribution in [3.63, 3.8) is 0 Å². The monoisotopic (exact) mass is 417 g/mol. The number of rotatable bonds is 6. The average Bonchev–Trinajstić information content (AvgIpc) is 2.64. The molecule has 2 aromatic rings. The molecule has 0 radical (unpaired) electrons. The first-order chi connectivity index (χ1) is 12.6. The summed E-state index contributed by atoms with van der Waals surface area (Å²) in [6.07, 6.45) is 2.66. The van der Waals surface area contributed by atoms with Crippen LogP contribution in [0.3, 0.4) is 0 Å². The predicted octanol–water partition coefficient (Wildman–Crippen LogP) is 4.88. The molecule has 1 aliphatic heterocycles. The number of carboxylic acids is 1. The quantitative estimate of drug-likeness (QED) is 0.727. The van der Waals surface area contributed by atoms with E-state index in [2.05, 4.69) is 39.0 Å². The van der Waals surface area contributed by atoms with Crippen molar-refractivity contribution in [2.45, 2.75) is 38.3 Å². The van der Waals surface area contributed by atoms with Crippen LogP contribution >= 0.6 is 15.9 Å². The SMILES string of the molecule is CCOc1cccc(C(c2ccc(Br)cc2)N2CCCCC2C(=O)O)c1. The Hall–Kier alpha value is -1.85. The van der Waals surface area contributed by atoms with Crippen LogP contribution in [-0.2, 0) is 4.79 Å². The van der Waals surface area contributed by atoms with Crippen LogP contribution in [0.25, 0.3) is 0 Å². The second-order valence-corrected chi connectivity index (χ2v) is 7.46. The Morgan fingerprint density at radius 2 is 2.00 bits per heavy atom. The van der Waals surface area contributed by atoms with Crippen LogP contribution in [0.15, 0.2) is 53.0 Å². The van der Waals surface area contributed by atoms with Crippen LogP contribution in [0.4, 0.5) is 0 Å². The van der Waals surface area contributed by atoms with Crippen molar-refractivity contribution in [2.75, 3.05) is 13.2 Å². The van der Waals surface area contributed by atoms with Crippen molar-refractivity contribution in [3.8, 4) is 5.75 Å². The molecule has 2 unspecified atom stereocenters. The molecular formula is C21H24BrNO3. The van der Waals surface area contributed by atoms with E-state index in [1.165, 1.54) is 0 Å². The molecule has 0 bridgehead atoms. The highest BCUT2D eigenvalue weighted by Gasteiger charge is 2.35. The van der Waals surface area contributed by atoms with Gasteiger partial charge in [-0.2, -0.15) is 0 Å². The van der Waals surface area contributed by atoms with Crippen LogP contribution in [0.2, 0.25) is 0 Å². The minimum Gasteiger partial charge on any atom is -0.494 e. The number of hydrogen-bond acceptors (Lipinski definition) is 3. The molecule has 1 N–H and O–H groups in total. The zero-order valence-electron chi connectivity index (χ0n) is 14.9. The predicted molar refractivity (Wildman–Crippen MR) is 106 cm³/mol. The Labute approximate surface area is 162 Å². The third-order valence-electron chi connectivity index (χ3n) is 4.83. The number of nitrogens with zero attached hydrogens (tertiary/aromatic N) is 1. The summed E-state index contributed by atoms with van der Waals surface area (Å²) >= 11 is 3.49. The lowest BCUT2D eigenvalue weighted by atomic mass is 9.91. The van der Waals surface area contributed by atoms with E-state index in [0.29, 0.717) is 13.0 Å². The number of carbonyl (C=O) groups is 1. The first-order valence-electron chi connectivity index (χ1n) is 9.07. The molecular weight excluding hydrogens is 394 g/mol. The first-order valence-corrected chi connectivity index (χ1v) is 9.86. The van der Waals surface area contributed by atoms with Gasteiger partial charge in [0.15, 0.2) is 0 Å². The Balaban J connectivity index is 2.05. The summed E-state index contributed by atoms with van der Waals surface area (Å²) in [5.74, 6) is 0.0729. The van der Waals surface area contributed by atoms with Gasteiger partial charge in [-0.05, 0) is 61.7 Å². The van der Waals surface area contributed by atoms with Gasteiger partial charge in [0, 0.05) is 4.47 Å². The number of halogens is 1. The fourth-order valence-corrected chi connectivity index (χ4v) is 3.95. The molecule has 138 valence electrons. The molecule has 1 heterocycles. The Bertz CT molecular complexity index is 747. The van der Waals surface area contributed by atoms with E-state index in [-0.39, 0.29) is 6.04 Å². The van der Waals surface area contributed by atoms with Crippen LogP contribution in [-0.4, -0.2) is 35.2 Å². The van der Waals surface area contributed by atoms with Crippen molar-refractivity contribution < 1.29 is 14.6 Å². The molecule has 0 saturated carbocycles. The zero-order chi connectivity index (χ0) is 18.5. The molecule has 1 saturated heterocycles. The summed E-state index contributed by atoms with van der Waals surface area (Å²) < 4.78 is 6.68. The molecule has 2 aromatic carbocycles. The normalized spacial score (nSPS) is 19.1.